The van der Waals surface area contributed by atoms with E-state index in [2.05, 4.69) is 0 Å². The second kappa shape index (κ2) is 6.53. The molecule has 2 N–H and O–H groups in total. The zero-order valence-electron chi connectivity index (χ0n) is 13.6. The predicted molar refractivity (Wildman–Crippen MR) is 83.0 cm³/mol. The molecule has 0 bridgehead atoms. The minimum atomic E-state index is -4.11. The highest BCUT2D eigenvalue weighted by molar-refractivity contribution is 7.89. The number of sulfonamides is 1. The summed E-state index contributed by atoms with van der Waals surface area (Å²) in [6, 6.07) is 1.22. The Bertz CT molecular complexity index is 681. The van der Waals surface area contributed by atoms with Gasteiger partial charge in [-0.05, 0) is 5.92 Å². The fourth-order valence-corrected chi connectivity index (χ4v) is 2.97. The first-order chi connectivity index (χ1) is 10.1. The molecule has 0 aliphatic carbocycles. The van der Waals surface area contributed by atoms with Crippen molar-refractivity contribution in [1.82, 2.24) is 4.90 Å². The van der Waals surface area contributed by atoms with Crippen LogP contribution in [0.3, 0.4) is 0 Å². The molecule has 0 atom stereocenters. The van der Waals surface area contributed by atoms with Crippen LogP contribution in [0.15, 0.2) is 11.0 Å². The van der Waals surface area contributed by atoms with Crippen molar-refractivity contribution in [2.45, 2.75) is 24.7 Å². The van der Waals surface area contributed by atoms with E-state index in [1.165, 1.54) is 39.3 Å². The van der Waals surface area contributed by atoms with Gasteiger partial charge in [-0.25, -0.2) is 13.6 Å². The zero-order chi connectivity index (χ0) is 17.2. The Kier molecular flexibility index (Phi) is 5.42. The van der Waals surface area contributed by atoms with Crippen molar-refractivity contribution in [3.8, 4) is 11.5 Å². The fraction of sp³-hybridized carbons (Fsp3) is 0.500. The third-order valence-electron chi connectivity index (χ3n) is 3.17. The van der Waals surface area contributed by atoms with Crippen LogP contribution in [0.1, 0.15) is 35.7 Å². The molecular formula is C14H22N2O5S. The molecule has 0 saturated heterocycles. The number of primary sulfonamides is 1. The Morgan fingerprint density at radius 2 is 1.77 bits per heavy atom. The summed E-state index contributed by atoms with van der Waals surface area (Å²) in [7, 11) is 1.79. The lowest BCUT2D eigenvalue weighted by molar-refractivity contribution is 0.0821. The maximum atomic E-state index is 12.5. The van der Waals surface area contributed by atoms with Crippen molar-refractivity contribution in [2.75, 3.05) is 28.3 Å². The van der Waals surface area contributed by atoms with E-state index in [0.29, 0.717) is 11.3 Å². The van der Waals surface area contributed by atoms with Crippen molar-refractivity contribution in [1.29, 1.82) is 0 Å². The normalized spacial score (nSPS) is 11.5. The first kappa shape index (κ1) is 18.2. The largest absolute Gasteiger partial charge is 0.493 e. The smallest absolute Gasteiger partial charge is 0.255 e. The van der Waals surface area contributed by atoms with Gasteiger partial charge in [-0.3, -0.25) is 4.79 Å². The third-order valence-corrected chi connectivity index (χ3v) is 4.11. The molecule has 0 spiro atoms. The number of methoxy groups -OCH3 is 2. The van der Waals surface area contributed by atoms with E-state index in [4.69, 9.17) is 14.6 Å². The summed E-state index contributed by atoms with van der Waals surface area (Å²) >= 11 is 0. The number of carbonyl (C=O) groups is 1. The molecule has 0 fully saturated rings. The summed E-state index contributed by atoms with van der Waals surface area (Å²) in [5.74, 6) is -0.0984. The minimum Gasteiger partial charge on any atom is -0.493 e. The van der Waals surface area contributed by atoms with Gasteiger partial charge >= 0.3 is 0 Å². The topological polar surface area (TPSA) is 98.9 Å². The lowest BCUT2D eigenvalue weighted by atomic mass is 9.94. The average Bonchev–Trinajstić information content (AvgIpc) is 2.42. The number of nitrogens with zero attached hydrogens (tertiary/aromatic N) is 1. The van der Waals surface area contributed by atoms with Gasteiger partial charge in [-0.15, -0.1) is 0 Å². The van der Waals surface area contributed by atoms with Gasteiger partial charge in [0.05, 0.1) is 24.7 Å². The molecule has 0 heterocycles. The van der Waals surface area contributed by atoms with Crippen LogP contribution in [0, 0.1) is 0 Å². The van der Waals surface area contributed by atoms with Gasteiger partial charge in [-0.2, -0.15) is 0 Å². The van der Waals surface area contributed by atoms with E-state index in [1.54, 1.807) is 0 Å². The number of rotatable bonds is 5. The Hall–Kier alpha value is -1.80. The Morgan fingerprint density at radius 3 is 2.09 bits per heavy atom. The van der Waals surface area contributed by atoms with Crippen molar-refractivity contribution in [3.63, 3.8) is 0 Å². The van der Waals surface area contributed by atoms with E-state index in [-0.39, 0.29) is 22.1 Å². The van der Waals surface area contributed by atoms with Gasteiger partial charge in [0.1, 0.15) is 0 Å². The fourth-order valence-electron chi connectivity index (χ4n) is 2.22. The molecule has 7 nitrogen and oxygen atoms in total. The number of benzene rings is 1. The molecule has 0 aromatic heterocycles. The van der Waals surface area contributed by atoms with Gasteiger partial charge in [-0.1, -0.05) is 13.8 Å². The molecule has 0 aliphatic heterocycles. The van der Waals surface area contributed by atoms with Gasteiger partial charge in [0, 0.05) is 25.7 Å². The molecule has 0 saturated carbocycles. The molecule has 1 rings (SSSR count). The first-order valence-corrected chi connectivity index (χ1v) is 8.14. The summed E-state index contributed by atoms with van der Waals surface area (Å²) in [5.41, 5.74) is 0.463. The molecule has 0 unspecified atom stereocenters. The summed E-state index contributed by atoms with van der Waals surface area (Å²) < 4.78 is 34.4. The van der Waals surface area contributed by atoms with Crippen LogP contribution in [0.4, 0.5) is 0 Å². The first-order valence-electron chi connectivity index (χ1n) is 6.59. The number of hydrogen-bond donors (Lipinski definition) is 1. The van der Waals surface area contributed by atoms with Crippen LogP contribution in [-0.2, 0) is 10.0 Å². The van der Waals surface area contributed by atoms with Crippen molar-refractivity contribution in [2.24, 2.45) is 5.14 Å². The SMILES string of the molecule is COc1cc(S(N)(=O)=O)c(C(=O)N(C)C)c(C(C)C)c1OC. The summed E-state index contributed by atoms with van der Waals surface area (Å²) in [5, 5.41) is 5.28. The lowest BCUT2D eigenvalue weighted by Crippen LogP contribution is -2.28. The Balaban J connectivity index is 4.01. The number of amides is 1. The van der Waals surface area contributed by atoms with E-state index in [1.807, 2.05) is 13.8 Å². The number of carbonyl (C=O) groups excluding carboxylic acids is 1. The van der Waals surface area contributed by atoms with Crippen molar-refractivity contribution in [3.05, 3.63) is 17.2 Å². The quantitative estimate of drug-likeness (QED) is 0.874. The maximum absolute atomic E-state index is 12.5. The number of hydrogen-bond acceptors (Lipinski definition) is 5. The molecule has 0 aliphatic rings. The molecule has 0 radical (unpaired) electrons. The van der Waals surface area contributed by atoms with E-state index in [0.717, 1.165) is 0 Å². The predicted octanol–water partition coefficient (Wildman–Crippen LogP) is 1.18. The van der Waals surface area contributed by atoms with E-state index < -0.39 is 15.9 Å². The lowest BCUT2D eigenvalue weighted by Gasteiger charge is -2.23. The zero-order valence-corrected chi connectivity index (χ0v) is 14.4. The molecule has 124 valence electrons. The average molecular weight is 330 g/mol. The van der Waals surface area contributed by atoms with Crippen LogP contribution in [0.5, 0.6) is 11.5 Å². The monoisotopic (exact) mass is 330 g/mol. The second-order valence-electron chi connectivity index (χ2n) is 5.30. The van der Waals surface area contributed by atoms with Crippen LogP contribution < -0.4 is 14.6 Å². The van der Waals surface area contributed by atoms with Crippen molar-refractivity contribution < 1.29 is 22.7 Å². The Labute approximate surface area is 131 Å². The van der Waals surface area contributed by atoms with Gasteiger partial charge in [0.2, 0.25) is 10.0 Å². The molecule has 1 amide bonds. The van der Waals surface area contributed by atoms with Gasteiger partial charge < -0.3 is 14.4 Å². The molecule has 1 aromatic carbocycles. The molecule has 8 heteroatoms. The summed E-state index contributed by atoms with van der Waals surface area (Å²) in [4.78, 5) is 13.5. The standard InChI is InChI=1S/C14H22N2O5S/c1-8(2)11-12(14(17)16(3)4)10(22(15,18)19)7-9(20-5)13(11)21-6/h7-8H,1-6H3,(H2,15,18,19). The highest BCUT2D eigenvalue weighted by Gasteiger charge is 2.31. The van der Waals surface area contributed by atoms with Crippen LogP contribution >= 0.6 is 0 Å². The van der Waals surface area contributed by atoms with Crippen LogP contribution in [-0.4, -0.2) is 47.5 Å². The molecule has 1 aromatic rings. The van der Waals surface area contributed by atoms with Crippen molar-refractivity contribution >= 4 is 15.9 Å². The molecule has 22 heavy (non-hydrogen) atoms. The molecular weight excluding hydrogens is 308 g/mol. The highest BCUT2D eigenvalue weighted by atomic mass is 32.2. The highest BCUT2D eigenvalue weighted by Crippen LogP contribution is 2.41. The van der Waals surface area contributed by atoms with E-state index >= 15 is 0 Å². The van der Waals surface area contributed by atoms with Gasteiger partial charge in [0.15, 0.2) is 11.5 Å². The second-order valence-corrected chi connectivity index (χ2v) is 6.83. The van der Waals surface area contributed by atoms with E-state index in [9.17, 15) is 13.2 Å². The summed E-state index contributed by atoms with van der Waals surface area (Å²) in [6.45, 7) is 3.66. The minimum absolute atomic E-state index is 0.0140. The number of ether oxygens (including phenoxy) is 2. The van der Waals surface area contributed by atoms with Crippen LogP contribution in [0.2, 0.25) is 0 Å². The summed E-state index contributed by atoms with van der Waals surface area (Å²) in [6.07, 6.45) is 0. The third kappa shape index (κ3) is 3.33. The van der Waals surface area contributed by atoms with Gasteiger partial charge in [0.25, 0.3) is 5.91 Å². The number of nitrogens with two attached hydrogens (primary N) is 1. The Morgan fingerprint density at radius 1 is 1.23 bits per heavy atom. The van der Waals surface area contributed by atoms with Crippen LogP contribution in [0.25, 0.3) is 0 Å². The maximum Gasteiger partial charge on any atom is 0.255 e.